The first-order valence-corrected chi connectivity index (χ1v) is 13.2. The highest BCUT2D eigenvalue weighted by molar-refractivity contribution is 5.81. The first-order chi connectivity index (χ1) is 17.7. The van der Waals surface area contributed by atoms with Crippen molar-refractivity contribution >= 4 is 40.3 Å². The summed E-state index contributed by atoms with van der Waals surface area (Å²) in [5, 5.41) is 11.9. The minimum atomic E-state index is -0.254. The van der Waals surface area contributed by atoms with Gasteiger partial charge in [0.05, 0.1) is 11.7 Å². The number of carbonyl (C=O) groups is 1. The zero-order valence-corrected chi connectivity index (χ0v) is 22.5. The Morgan fingerprint density at radius 3 is 2.19 bits per heavy atom. The van der Waals surface area contributed by atoms with Gasteiger partial charge in [0.25, 0.3) is 0 Å². The van der Waals surface area contributed by atoms with E-state index in [2.05, 4.69) is 50.4 Å². The summed E-state index contributed by atoms with van der Waals surface area (Å²) in [7, 11) is 0. The van der Waals surface area contributed by atoms with Crippen molar-refractivity contribution in [3.05, 3.63) is 24.5 Å². The van der Waals surface area contributed by atoms with Gasteiger partial charge in [-0.25, -0.2) is 9.78 Å². The number of urea groups is 1. The van der Waals surface area contributed by atoms with Gasteiger partial charge in [0.15, 0.2) is 0 Å². The molecule has 2 N–H and O–H groups in total. The first-order valence-electron chi connectivity index (χ1n) is 13.2. The number of hydrogen-bond acceptors (Lipinski definition) is 8. The van der Waals surface area contributed by atoms with Crippen LogP contribution in [0.2, 0.25) is 0 Å². The number of hydrogen-bond donors (Lipinski definition) is 2. The minimum Gasteiger partial charge on any atom is -0.356 e. The van der Waals surface area contributed by atoms with Crippen LogP contribution in [0.1, 0.15) is 53.5 Å². The van der Waals surface area contributed by atoms with Gasteiger partial charge in [-0.05, 0) is 47.5 Å². The van der Waals surface area contributed by atoms with Crippen LogP contribution in [0.5, 0.6) is 0 Å². The first kappa shape index (κ1) is 25.0. The fourth-order valence-electron chi connectivity index (χ4n) is 4.82. The molecule has 2 aliphatic heterocycles. The third kappa shape index (κ3) is 5.70. The Bertz CT molecular complexity index is 1250. The van der Waals surface area contributed by atoms with Crippen LogP contribution in [0.25, 0.3) is 10.9 Å². The predicted octanol–water partition coefficient (Wildman–Crippen LogP) is 3.78. The van der Waals surface area contributed by atoms with Gasteiger partial charge in [0.2, 0.25) is 5.95 Å². The van der Waals surface area contributed by atoms with Crippen molar-refractivity contribution < 1.29 is 4.79 Å². The Morgan fingerprint density at radius 1 is 0.919 bits per heavy atom. The zero-order chi connectivity index (χ0) is 26.2. The quantitative estimate of drug-likeness (QED) is 0.538. The molecule has 0 spiro atoms. The van der Waals surface area contributed by atoms with Gasteiger partial charge in [-0.2, -0.15) is 15.1 Å². The summed E-state index contributed by atoms with van der Waals surface area (Å²) in [4.78, 5) is 33.4. The van der Waals surface area contributed by atoms with Crippen LogP contribution in [-0.4, -0.2) is 80.5 Å². The molecule has 5 rings (SSSR count). The molecule has 2 saturated heterocycles. The lowest BCUT2D eigenvalue weighted by molar-refractivity contribution is 0.185. The number of nitrogens with zero attached hydrogens (tertiary/aromatic N) is 8. The fraction of sp³-hybridized carbons (Fsp3) is 0.577. The number of aromatic nitrogens is 5. The van der Waals surface area contributed by atoms with Crippen molar-refractivity contribution in [3.63, 3.8) is 0 Å². The highest BCUT2D eigenvalue weighted by Gasteiger charge is 2.26. The van der Waals surface area contributed by atoms with E-state index in [1.807, 2.05) is 48.8 Å². The van der Waals surface area contributed by atoms with E-state index in [1.165, 1.54) is 12.8 Å². The Kier molecular flexibility index (Phi) is 6.78. The van der Waals surface area contributed by atoms with E-state index in [9.17, 15) is 4.79 Å². The van der Waals surface area contributed by atoms with Crippen LogP contribution in [0.15, 0.2) is 24.5 Å². The standard InChI is InChI=1S/C26H38N10O/c1-18(2)36-20-14-21(27-16-19(20)17-28-36)29-24-30-22(33-8-6-7-9-33)15-23(31-24)34-10-12-35(13-11-34)25(37)32-26(3,4)5/h14-18H,6-13H2,1-5H3,(H,32,37)(H,27,29,30,31). The third-order valence-corrected chi connectivity index (χ3v) is 6.71. The monoisotopic (exact) mass is 506 g/mol. The van der Waals surface area contributed by atoms with Gasteiger partial charge in [0.1, 0.15) is 17.5 Å². The molecule has 198 valence electrons. The van der Waals surface area contributed by atoms with Gasteiger partial charge in [-0.1, -0.05) is 0 Å². The lowest BCUT2D eigenvalue weighted by atomic mass is 10.1. The van der Waals surface area contributed by atoms with E-state index >= 15 is 0 Å². The predicted molar refractivity (Wildman–Crippen MR) is 147 cm³/mol. The molecule has 0 unspecified atom stereocenters. The van der Waals surface area contributed by atoms with Crippen LogP contribution in [-0.2, 0) is 0 Å². The molecule has 0 radical (unpaired) electrons. The van der Waals surface area contributed by atoms with E-state index in [-0.39, 0.29) is 17.6 Å². The maximum atomic E-state index is 12.6. The van der Waals surface area contributed by atoms with Crippen molar-refractivity contribution in [2.75, 3.05) is 54.4 Å². The Balaban J connectivity index is 1.37. The lowest BCUT2D eigenvalue weighted by Crippen LogP contribution is -2.55. The zero-order valence-electron chi connectivity index (χ0n) is 22.5. The molecule has 2 aliphatic rings. The molecule has 0 aromatic carbocycles. The van der Waals surface area contributed by atoms with Crippen LogP contribution in [0, 0.1) is 0 Å². The van der Waals surface area contributed by atoms with E-state index in [1.54, 1.807) is 0 Å². The second-order valence-electron chi connectivity index (χ2n) is 11.2. The summed E-state index contributed by atoms with van der Waals surface area (Å²) in [6, 6.07) is 4.31. The molecule has 11 nitrogen and oxygen atoms in total. The van der Waals surface area contributed by atoms with Gasteiger partial charge in [-0.3, -0.25) is 4.68 Å². The molecule has 11 heteroatoms. The number of piperazine rings is 1. The van der Waals surface area contributed by atoms with Crippen molar-refractivity contribution in [3.8, 4) is 0 Å². The molecule has 37 heavy (non-hydrogen) atoms. The summed E-state index contributed by atoms with van der Waals surface area (Å²) in [5.74, 6) is 2.99. The molecular formula is C26H38N10O. The number of nitrogens with one attached hydrogen (secondary N) is 2. The maximum Gasteiger partial charge on any atom is 0.317 e. The van der Waals surface area contributed by atoms with Crippen LogP contribution in [0.3, 0.4) is 0 Å². The van der Waals surface area contributed by atoms with Crippen LogP contribution < -0.4 is 20.4 Å². The van der Waals surface area contributed by atoms with Crippen LogP contribution >= 0.6 is 0 Å². The number of rotatable bonds is 5. The number of carbonyl (C=O) groups excluding carboxylic acids is 1. The highest BCUT2D eigenvalue weighted by atomic mass is 16.2. The van der Waals surface area contributed by atoms with Gasteiger partial charge in [-0.15, -0.1) is 0 Å². The molecule has 2 amide bonds. The van der Waals surface area contributed by atoms with E-state index < -0.39 is 0 Å². The minimum absolute atomic E-state index is 0.0166. The second kappa shape index (κ2) is 10.0. The summed E-state index contributed by atoms with van der Waals surface area (Å²) < 4.78 is 1.99. The Labute approximate surface area is 218 Å². The molecule has 5 heterocycles. The largest absolute Gasteiger partial charge is 0.356 e. The summed E-state index contributed by atoms with van der Waals surface area (Å²) in [6.07, 6.45) is 6.01. The Morgan fingerprint density at radius 2 is 1.57 bits per heavy atom. The number of anilines is 4. The maximum absolute atomic E-state index is 12.6. The summed E-state index contributed by atoms with van der Waals surface area (Å²) >= 11 is 0. The average Bonchev–Trinajstić information content (AvgIpc) is 3.53. The average molecular weight is 507 g/mol. The molecule has 0 saturated carbocycles. The van der Waals surface area contributed by atoms with Gasteiger partial charge < -0.3 is 25.3 Å². The molecule has 0 bridgehead atoms. The number of pyridine rings is 1. The summed E-state index contributed by atoms with van der Waals surface area (Å²) in [6.45, 7) is 14.9. The van der Waals surface area contributed by atoms with Crippen molar-refractivity contribution in [2.24, 2.45) is 0 Å². The smallest absolute Gasteiger partial charge is 0.317 e. The highest BCUT2D eigenvalue weighted by Crippen LogP contribution is 2.27. The molecule has 3 aromatic rings. The number of fused-ring (bicyclic) bond motifs is 1. The second-order valence-corrected chi connectivity index (χ2v) is 11.2. The molecule has 0 aliphatic carbocycles. The lowest BCUT2D eigenvalue weighted by Gasteiger charge is -2.37. The van der Waals surface area contributed by atoms with E-state index in [0.717, 1.165) is 35.6 Å². The fourth-order valence-corrected chi connectivity index (χ4v) is 4.82. The normalized spacial score (nSPS) is 16.6. The van der Waals surface area contributed by atoms with E-state index in [0.29, 0.717) is 37.9 Å². The van der Waals surface area contributed by atoms with Crippen molar-refractivity contribution in [1.82, 2.24) is 34.9 Å². The molecular weight excluding hydrogens is 468 g/mol. The van der Waals surface area contributed by atoms with Crippen LogP contribution in [0.4, 0.5) is 28.2 Å². The molecule has 3 aromatic heterocycles. The number of amides is 2. The van der Waals surface area contributed by atoms with Crippen molar-refractivity contribution in [2.45, 2.75) is 59.0 Å². The Hall–Kier alpha value is -3.63. The molecule has 0 atom stereocenters. The van der Waals surface area contributed by atoms with Gasteiger partial charge >= 0.3 is 6.03 Å². The summed E-state index contributed by atoms with van der Waals surface area (Å²) in [5.41, 5.74) is 0.767. The molecule has 2 fully saturated rings. The van der Waals surface area contributed by atoms with E-state index in [4.69, 9.17) is 9.97 Å². The third-order valence-electron chi connectivity index (χ3n) is 6.71. The topological polar surface area (TPSA) is 107 Å². The SMILES string of the molecule is CC(C)n1ncc2cnc(Nc3nc(N4CCCC4)cc(N4CCN(C(=O)NC(C)(C)C)CC4)n3)cc21. The van der Waals surface area contributed by atoms with Gasteiger partial charge in [0, 0.05) is 74.6 Å². The van der Waals surface area contributed by atoms with Crippen molar-refractivity contribution in [1.29, 1.82) is 0 Å².